The highest BCUT2D eigenvalue weighted by atomic mass is 16.2. The Balaban J connectivity index is 1.93. The molecule has 0 saturated carbocycles. The Morgan fingerprint density at radius 2 is 1.64 bits per heavy atom. The Morgan fingerprint density at radius 3 is 2.28 bits per heavy atom. The van der Waals surface area contributed by atoms with Crippen LogP contribution in [0.1, 0.15) is 6.42 Å². The van der Waals surface area contributed by atoms with E-state index in [0.29, 0.717) is 13.1 Å². The van der Waals surface area contributed by atoms with Crippen LogP contribution in [0.5, 0.6) is 0 Å². The molecule has 3 N–H and O–H groups in total. The monoisotopic (exact) mass is 334 g/mol. The van der Waals surface area contributed by atoms with Gasteiger partial charge in [0.2, 0.25) is 5.91 Å². The number of nitrogens with two attached hydrogens (primary N) is 1. The molecule has 0 aliphatic heterocycles. The molecular formula is C20H22N4O. The number of hydrogen-bond donors (Lipinski definition) is 2. The van der Waals surface area contributed by atoms with Crippen LogP contribution in [0, 0.1) is 0 Å². The number of carbonyl (C=O) groups excluding carboxylic acids is 1. The molecule has 128 valence electrons. The Labute approximate surface area is 147 Å². The number of rotatable bonds is 7. The largest absolute Gasteiger partial charge is 0.354 e. The maximum atomic E-state index is 12.2. The smallest absolute Gasteiger partial charge is 0.241 e. The van der Waals surface area contributed by atoms with Crippen LogP contribution in [0.3, 0.4) is 0 Å². The van der Waals surface area contributed by atoms with Gasteiger partial charge in [-0.15, -0.1) is 0 Å². The highest BCUT2D eigenvalue weighted by molar-refractivity contribution is 5.82. The number of nitrogens with one attached hydrogen (secondary N) is 1. The first-order valence-corrected chi connectivity index (χ1v) is 8.43. The first-order valence-electron chi connectivity index (χ1n) is 8.43. The van der Waals surface area contributed by atoms with Crippen molar-refractivity contribution in [2.45, 2.75) is 13.0 Å². The molecule has 0 aliphatic carbocycles. The van der Waals surface area contributed by atoms with Gasteiger partial charge in [-0.05, 0) is 18.5 Å². The van der Waals surface area contributed by atoms with Gasteiger partial charge in [0.25, 0.3) is 0 Å². The summed E-state index contributed by atoms with van der Waals surface area (Å²) in [5, 5.41) is 7.35. The summed E-state index contributed by atoms with van der Waals surface area (Å²) in [4.78, 5) is 12.2. The van der Waals surface area contributed by atoms with Crippen molar-refractivity contribution in [2.75, 3.05) is 13.1 Å². The lowest BCUT2D eigenvalue weighted by Crippen LogP contribution is -2.30. The van der Waals surface area contributed by atoms with Gasteiger partial charge in [-0.25, -0.2) is 0 Å². The predicted octanol–water partition coefficient (Wildman–Crippen LogP) is 2.68. The van der Waals surface area contributed by atoms with Crippen molar-refractivity contribution in [1.29, 1.82) is 0 Å². The average molecular weight is 334 g/mol. The van der Waals surface area contributed by atoms with E-state index < -0.39 is 0 Å². The number of hydrogen-bond acceptors (Lipinski definition) is 3. The molecule has 0 unspecified atom stereocenters. The number of aromatic nitrogens is 2. The normalized spacial score (nSPS) is 10.6. The zero-order valence-corrected chi connectivity index (χ0v) is 14.1. The molecule has 1 aromatic heterocycles. The van der Waals surface area contributed by atoms with E-state index in [1.807, 2.05) is 54.7 Å². The van der Waals surface area contributed by atoms with E-state index in [9.17, 15) is 4.79 Å². The number of carbonyl (C=O) groups is 1. The summed E-state index contributed by atoms with van der Waals surface area (Å²) in [5.41, 5.74) is 9.54. The highest BCUT2D eigenvalue weighted by Gasteiger charge is 2.16. The van der Waals surface area contributed by atoms with Crippen LogP contribution in [-0.4, -0.2) is 28.8 Å². The molecule has 0 fully saturated rings. The molecule has 5 nitrogen and oxygen atoms in total. The molecule has 3 rings (SSSR count). The second-order valence-corrected chi connectivity index (χ2v) is 5.79. The highest BCUT2D eigenvalue weighted by Crippen LogP contribution is 2.31. The number of amides is 1. The van der Waals surface area contributed by atoms with E-state index >= 15 is 0 Å². The van der Waals surface area contributed by atoms with Gasteiger partial charge in [-0.1, -0.05) is 60.7 Å². The summed E-state index contributed by atoms with van der Waals surface area (Å²) in [6.07, 6.45) is 2.59. The number of nitrogens with zero attached hydrogens (tertiary/aromatic N) is 2. The standard InChI is InChI=1S/C20H22N4O/c21-12-7-13-22-19(25)15-24-20(17-10-5-2-6-11-17)18(14-23-24)16-8-3-1-4-9-16/h1-6,8-11,14H,7,12-13,15,21H2,(H,22,25). The predicted molar refractivity (Wildman–Crippen MR) is 99.8 cm³/mol. The lowest BCUT2D eigenvalue weighted by atomic mass is 10.0. The van der Waals surface area contributed by atoms with Crippen molar-refractivity contribution in [2.24, 2.45) is 5.73 Å². The lowest BCUT2D eigenvalue weighted by Gasteiger charge is -2.11. The van der Waals surface area contributed by atoms with Crippen LogP contribution in [0.15, 0.2) is 66.9 Å². The molecule has 0 atom stereocenters. The third-order valence-electron chi connectivity index (χ3n) is 3.97. The van der Waals surface area contributed by atoms with Crippen molar-refractivity contribution >= 4 is 5.91 Å². The fourth-order valence-corrected chi connectivity index (χ4v) is 2.76. The molecule has 1 heterocycles. The summed E-state index contributed by atoms with van der Waals surface area (Å²) >= 11 is 0. The van der Waals surface area contributed by atoms with E-state index in [1.54, 1.807) is 4.68 Å². The van der Waals surface area contributed by atoms with Gasteiger partial charge in [-0.2, -0.15) is 5.10 Å². The quantitative estimate of drug-likeness (QED) is 0.653. The molecular weight excluding hydrogens is 312 g/mol. The molecule has 3 aromatic rings. The average Bonchev–Trinajstić information content (AvgIpc) is 3.07. The van der Waals surface area contributed by atoms with Crippen molar-refractivity contribution < 1.29 is 4.79 Å². The lowest BCUT2D eigenvalue weighted by molar-refractivity contribution is -0.121. The van der Waals surface area contributed by atoms with E-state index in [1.165, 1.54) is 0 Å². The molecule has 0 radical (unpaired) electrons. The third kappa shape index (κ3) is 4.14. The molecule has 0 saturated heterocycles. The second-order valence-electron chi connectivity index (χ2n) is 5.79. The first kappa shape index (κ1) is 16.9. The topological polar surface area (TPSA) is 72.9 Å². The van der Waals surface area contributed by atoms with Crippen LogP contribution in [0.4, 0.5) is 0 Å². The van der Waals surface area contributed by atoms with Gasteiger partial charge in [0, 0.05) is 17.7 Å². The van der Waals surface area contributed by atoms with Crippen molar-refractivity contribution in [3.8, 4) is 22.4 Å². The fraction of sp³-hybridized carbons (Fsp3) is 0.200. The summed E-state index contributed by atoms with van der Waals surface area (Å²) in [6.45, 7) is 1.33. The molecule has 25 heavy (non-hydrogen) atoms. The van der Waals surface area contributed by atoms with E-state index in [0.717, 1.165) is 28.8 Å². The molecule has 0 bridgehead atoms. The van der Waals surface area contributed by atoms with E-state index in [4.69, 9.17) is 5.73 Å². The Hall–Kier alpha value is -2.92. The van der Waals surface area contributed by atoms with Gasteiger partial charge in [-0.3, -0.25) is 9.48 Å². The fourth-order valence-electron chi connectivity index (χ4n) is 2.76. The molecule has 2 aromatic carbocycles. The molecule has 0 spiro atoms. The summed E-state index contributed by atoms with van der Waals surface area (Å²) < 4.78 is 1.76. The van der Waals surface area contributed by atoms with Crippen molar-refractivity contribution in [1.82, 2.24) is 15.1 Å². The molecule has 0 aliphatic rings. The SMILES string of the molecule is NCCCNC(=O)Cn1ncc(-c2ccccc2)c1-c1ccccc1. The van der Waals surface area contributed by atoms with Crippen LogP contribution < -0.4 is 11.1 Å². The van der Waals surface area contributed by atoms with Gasteiger partial charge in [0.05, 0.1) is 11.9 Å². The zero-order chi connectivity index (χ0) is 17.5. The van der Waals surface area contributed by atoms with Crippen LogP contribution in [-0.2, 0) is 11.3 Å². The van der Waals surface area contributed by atoms with Gasteiger partial charge >= 0.3 is 0 Å². The maximum absolute atomic E-state index is 12.2. The first-order chi connectivity index (χ1) is 12.3. The van der Waals surface area contributed by atoms with Gasteiger partial charge in [0.15, 0.2) is 0 Å². The van der Waals surface area contributed by atoms with Crippen molar-refractivity contribution in [3.05, 3.63) is 66.9 Å². The van der Waals surface area contributed by atoms with Gasteiger partial charge < -0.3 is 11.1 Å². The van der Waals surface area contributed by atoms with Crippen LogP contribution in [0.2, 0.25) is 0 Å². The third-order valence-corrected chi connectivity index (χ3v) is 3.97. The minimum Gasteiger partial charge on any atom is -0.354 e. The van der Waals surface area contributed by atoms with Crippen LogP contribution >= 0.6 is 0 Å². The summed E-state index contributed by atoms with van der Waals surface area (Å²) in [5.74, 6) is -0.0617. The Kier molecular flexibility index (Phi) is 5.59. The number of benzene rings is 2. The summed E-state index contributed by atoms with van der Waals surface area (Å²) in [6, 6.07) is 20.1. The van der Waals surface area contributed by atoms with E-state index in [2.05, 4.69) is 22.5 Å². The maximum Gasteiger partial charge on any atom is 0.241 e. The van der Waals surface area contributed by atoms with Crippen molar-refractivity contribution in [3.63, 3.8) is 0 Å². The zero-order valence-electron chi connectivity index (χ0n) is 14.1. The Morgan fingerprint density at radius 1 is 1.00 bits per heavy atom. The second kappa shape index (κ2) is 8.26. The summed E-state index contributed by atoms with van der Waals surface area (Å²) in [7, 11) is 0. The van der Waals surface area contributed by atoms with Gasteiger partial charge in [0.1, 0.15) is 6.54 Å². The van der Waals surface area contributed by atoms with Crippen LogP contribution in [0.25, 0.3) is 22.4 Å². The molecule has 5 heteroatoms. The minimum atomic E-state index is -0.0617. The Bertz CT molecular complexity index is 812. The van der Waals surface area contributed by atoms with E-state index in [-0.39, 0.29) is 12.5 Å². The minimum absolute atomic E-state index is 0.0617. The molecule has 1 amide bonds.